The van der Waals surface area contributed by atoms with Gasteiger partial charge in [0.15, 0.2) is 0 Å². The molecule has 2 N–H and O–H groups in total. The van der Waals surface area contributed by atoms with Gasteiger partial charge in [0.2, 0.25) is 5.91 Å². The summed E-state index contributed by atoms with van der Waals surface area (Å²) in [5.41, 5.74) is 6.07. The second kappa shape index (κ2) is 6.46. The van der Waals surface area contributed by atoms with Gasteiger partial charge in [-0.15, -0.1) is 0 Å². The average Bonchev–Trinajstić information content (AvgIpc) is 2.92. The minimum absolute atomic E-state index is 0.158. The third-order valence-electron chi connectivity index (χ3n) is 3.36. The van der Waals surface area contributed by atoms with Gasteiger partial charge in [-0.25, -0.2) is 0 Å². The lowest BCUT2D eigenvalue weighted by Gasteiger charge is -2.30. The first-order valence-electron chi connectivity index (χ1n) is 6.57. The van der Waals surface area contributed by atoms with Gasteiger partial charge in [-0.3, -0.25) is 9.78 Å². The van der Waals surface area contributed by atoms with Crippen molar-refractivity contribution in [3.63, 3.8) is 0 Å². The van der Waals surface area contributed by atoms with Crippen LogP contribution in [-0.2, 0) is 16.1 Å². The van der Waals surface area contributed by atoms with E-state index < -0.39 is 5.54 Å². The first kappa shape index (κ1) is 14.4. The standard InChI is InChI=1S/C14H18N4O2/c15-5-2-7-18(10-12-3-1-6-17-9-12)13(19)14(16)4-8-20-11-14/h1,3,6,9H,2,4,7-8,10-11,16H2. The lowest BCUT2D eigenvalue weighted by molar-refractivity contribution is -0.137. The number of nitrogens with zero attached hydrogens (tertiary/aromatic N) is 3. The summed E-state index contributed by atoms with van der Waals surface area (Å²) in [4.78, 5) is 18.2. The number of hydrogen-bond donors (Lipinski definition) is 1. The van der Waals surface area contributed by atoms with Gasteiger partial charge in [0, 0.05) is 32.1 Å². The molecule has 20 heavy (non-hydrogen) atoms. The first-order valence-corrected chi connectivity index (χ1v) is 6.57. The van der Waals surface area contributed by atoms with Crippen molar-refractivity contribution in [1.82, 2.24) is 9.88 Å². The van der Waals surface area contributed by atoms with Crippen molar-refractivity contribution in [1.29, 1.82) is 5.26 Å². The third-order valence-corrected chi connectivity index (χ3v) is 3.36. The molecule has 1 unspecified atom stereocenters. The lowest BCUT2D eigenvalue weighted by atomic mass is 9.98. The van der Waals surface area contributed by atoms with Crippen LogP contribution in [0.25, 0.3) is 0 Å². The van der Waals surface area contributed by atoms with Crippen molar-refractivity contribution in [2.75, 3.05) is 19.8 Å². The Morgan fingerprint density at radius 3 is 3.10 bits per heavy atom. The molecule has 0 bridgehead atoms. The SMILES string of the molecule is N#CCCN(Cc1cccnc1)C(=O)C1(N)CCOC1. The second-order valence-corrected chi connectivity index (χ2v) is 4.95. The molecular weight excluding hydrogens is 256 g/mol. The summed E-state index contributed by atoms with van der Waals surface area (Å²) in [6, 6.07) is 5.78. The summed E-state index contributed by atoms with van der Waals surface area (Å²) in [5.74, 6) is -0.158. The van der Waals surface area contributed by atoms with E-state index in [0.717, 1.165) is 5.56 Å². The Hall–Kier alpha value is -1.97. The van der Waals surface area contributed by atoms with Gasteiger partial charge in [-0.05, 0) is 18.1 Å². The molecule has 6 nitrogen and oxygen atoms in total. The molecule has 1 amide bonds. The maximum Gasteiger partial charge on any atom is 0.245 e. The molecule has 2 heterocycles. The van der Waals surface area contributed by atoms with E-state index in [4.69, 9.17) is 15.7 Å². The van der Waals surface area contributed by atoms with Crippen molar-refractivity contribution in [2.24, 2.45) is 5.73 Å². The van der Waals surface area contributed by atoms with Gasteiger partial charge in [0.05, 0.1) is 19.1 Å². The zero-order chi connectivity index (χ0) is 14.4. The number of carbonyl (C=O) groups is 1. The quantitative estimate of drug-likeness (QED) is 0.841. The fraction of sp³-hybridized carbons (Fsp3) is 0.500. The summed E-state index contributed by atoms with van der Waals surface area (Å²) >= 11 is 0. The van der Waals surface area contributed by atoms with Gasteiger partial charge in [0.1, 0.15) is 5.54 Å². The number of ether oxygens (including phenoxy) is 1. The first-order chi connectivity index (χ1) is 9.65. The second-order valence-electron chi connectivity index (χ2n) is 4.95. The van der Waals surface area contributed by atoms with Crippen molar-refractivity contribution in [3.05, 3.63) is 30.1 Å². The Morgan fingerprint density at radius 2 is 2.50 bits per heavy atom. The van der Waals surface area contributed by atoms with E-state index in [2.05, 4.69) is 11.1 Å². The summed E-state index contributed by atoms with van der Waals surface area (Å²) in [6.07, 6.45) is 4.19. The lowest BCUT2D eigenvalue weighted by Crippen LogP contribution is -2.55. The highest BCUT2D eigenvalue weighted by Gasteiger charge is 2.40. The molecule has 2 rings (SSSR count). The van der Waals surface area contributed by atoms with Crippen molar-refractivity contribution in [3.8, 4) is 6.07 Å². The third kappa shape index (κ3) is 3.32. The number of aromatic nitrogens is 1. The van der Waals surface area contributed by atoms with Crippen molar-refractivity contribution >= 4 is 5.91 Å². The topological polar surface area (TPSA) is 92.2 Å². The summed E-state index contributed by atoms with van der Waals surface area (Å²) in [7, 11) is 0. The number of nitrogens with two attached hydrogens (primary N) is 1. The number of hydrogen-bond acceptors (Lipinski definition) is 5. The molecule has 0 spiro atoms. The smallest absolute Gasteiger partial charge is 0.245 e. The Bertz CT molecular complexity index is 492. The Morgan fingerprint density at radius 1 is 1.65 bits per heavy atom. The predicted molar refractivity (Wildman–Crippen MR) is 72.2 cm³/mol. The molecule has 6 heteroatoms. The fourth-order valence-electron chi connectivity index (χ4n) is 2.21. The van der Waals surface area contributed by atoms with Crippen LogP contribution in [-0.4, -0.2) is 41.1 Å². The highest BCUT2D eigenvalue weighted by Crippen LogP contribution is 2.20. The number of nitriles is 1. The van der Waals surface area contributed by atoms with Gasteiger partial charge in [-0.1, -0.05) is 6.07 Å². The van der Waals surface area contributed by atoms with Crippen LogP contribution in [0.1, 0.15) is 18.4 Å². The molecule has 1 saturated heterocycles. The van der Waals surface area contributed by atoms with Crippen LogP contribution in [0.15, 0.2) is 24.5 Å². The Kier molecular flexibility index (Phi) is 4.66. The molecule has 1 fully saturated rings. The number of amides is 1. The molecule has 0 radical (unpaired) electrons. The van der Waals surface area contributed by atoms with Crippen LogP contribution in [0.2, 0.25) is 0 Å². The zero-order valence-electron chi connectivity index (χ0n) is 11.3. The average molecular weight is 274 g/mol. The molecule has 0 aromatic carbocycles. The van der Waals surface area contributed by atoms with E-state index in [1.165, 1.54) is 0 Å². The van der Waals surface area contributed by atoms with Crippen molar-refractivity contribution < 1.29 is 9.53 Å². The highest BCUT2D eigenvalue weighted by atomic mass is 16.5. The molecule has 0 saturated carbocycles. The van der Waals surface area contributed by atoms with E-state index >= 15 is 0 Å². The number of carbonyl (C=O) groups excluding carboxylic acids is 1. The predicted octanol–water partition coefficient (Wildman–Crippen LogP) is 0.442. The number of rotatable bonds is 5. The maximum atomic E-state index is 12.6. The van der Waals surface area contributed by atoms with Gasteiger partial charge in [-0.2, -0.15) is 5.26 Å². The van der Waals surface area contributed by atoms with E-state index in [-0.39, 0.29) is 18.9 Å². The summed E-state index contributed by atoms with van der Waals surface area (Å²) < 4.78 is 5.24. The van der Waals surface area contributed by atoms with Crippen LogP contribution in [0.4, 0.5) is 0 Å². The fourth-order valence-corrected chi connectivity index (χ4v) is 2.21. The summed E-state index contributed by atoms with van der Waals surface area (Å²) in [6.45, 7) is 1.51. The van der Waals surface area contributed by atoms with Crippen LogP contribution < -0.4 is 5.73 Å². The maximum absolute atomic E-state index is 12.6. The monoisotopic (exact) mass is 274 g/mol. The number of pyridine rings is 1. The Labute approximate surface area is 118 Å². The molecule has 106 valence electrons. The zero-order valence-corrected chi connectivity index (χ0v) is 11.3. The minimum atomic E-state index is -0.961. The van der Waals surface area contributed by atoms with Crippen LogP contribution in [0, 0.1) is 11.3 Å². The van der Waals surface area contributed by atoms with E-state index in [9.17, 15) is 4.79 Å². The molecule has 1 aromatic rings. The molecular formula is C14H18N4O2. The minimum Gasteiger partial charge on any atom is -0.379 e. The van der Waals surface area contributed by atoms with Crippen LogP contribution in [0.5, 0.6) is 0 Å². The van der Waals surface area contributed by atoms with E-state index in [1.54, 1.807) is 17.3 Å². The van der Waals surface area contributed by atoms with Crippen LogP contribution in [0.3, 0.4) is 0 Å². The van der Waals surface area contributed by atoms with Gasteiger partial charge < -0.3 is 15.4 Å². The molecule has 1 aromatic heterocycles. The van der Waals surface area contributed by atoms with Crippen LogP contribution >= 0.6 is 0 Å². The highest BCUT2D eigenvalue weighted by molar-refractivity contribution is 5.86. The largest absolute Gasteiger partial charge is 0.379 e. The van der Waals surface area contributed by atoms with E-state index in [0.29, 0.717) is 26.1 Å². The van der Waals surface area contributed by atoms with Crippen molar-refractivity contribution in [2.45, 2.75) is 24.9 Å². The normalized spacial score (nSPS) is 21.4. The van der Waals surface area contributed by atoms with Gasteiger partial charge >= 0.3 is 0 Å². The van der Waals surface area contributed by atoms with E-state index in [1.807, 2.05) is 12.1 Å². The van der Waals surface area contributed by atoms with Gasteiger partial charge in [0.25, 0.3) is 0 Å². The molecule has 1 atom stereocenters. The molecule has 1 aliphatic rings. The molecule has 1 aliphatic heterocycles. The summed E-state index contributed by atoms with van der Waals surface area (Å²) in [5, 5.41) is 8.74. The Balaban J connectivity index is 2.10. The molecule has 0 aliphatic carbocycles.